The van der Waals surface area contributed by atoms with Crippen molar-refractivity contribution in [3.63, 3.8) is 0 Å². The molecule has 0 radical (unpaired) electrons. The summed E-state index contributed by atoms with van der Waals surface area (Å²) in [4.78, 5) is 34.2. The second-order valence-corrected chi connectivity index (χ2v) is 36.2. The number of aliphatic hydroxyl groups excluding tert-OH is 10. The standard InChI is InChI=1S/4C24H31FN6O4S/c4*1-3-8-36-24-27-22(26-16-10-14(16)13-5-4-12(2)15(25)9-13)19-23(28-24)31(30-29-19)17-11-18(35-7-6-32)21(34)20(17)33/h4*4-5,9,14,16-18,20-21,32-34H,3,6-8,10-11H2,1-2H3,(H,26,27,28)/t4*14-,16+,17+,18-,20-,21+/m0000/s1/i3D2,4D,5D,6D2,7D2,8D2,9D,10D2;3D2,4D,5D,7D2,8D2,9D,10D2;3D2,4D,5D,6D2,8D2,9D,10D2;3D2,4D,5D,8D2,9D,10D2. The van der Waals surface area contributed by atoms with Crippen molar-refractivity contribution < 1.29 is 158 Å². The molecule has 12 aromatic rings. The van der Waals surface area contributed by atoms with Gasteiger partial charge in [0.05, 0.1) is 129 Å². The lowest BCUT2D eigenvalue weighted by molar-refractivity contribution is -0.0629. The first kappa shape index (κ1) is 63.3. The highest BCUT2D eigenvalue weighted by molar-refractivity contribution is 7.99. The SMILES string of the molecule is [2H]c1c([2H])c([C@H]2[C@H](Nc3nc(SC([2H])([2H])C([2H])([2H])C)nc4c3nnn4[C@@H]3C[C@H](OC([2H])([2H])C([2H])([2H])O)[C@@H](O)[C@H]3O)C2([2H])[2H])c([2H])c(F)c1C.[2H]c1c([2H])c([C@H]2[C@H](Nc3nc(SC([2H])([2H])C([2H])([2H])C)nc4c3nnn4[C@@H]3C[C@H](OC([2H])([2H])CO)[C@@H](O)[C@H]3O)C2([2H])[2H])c([2H])c(F)c1C.[2H]c1c([2H])c([C@H]2[C@H](Nc3nc(SC([2H])([2H])C([2H])([2H])C)nc4c3nnn4[C@@H]3C[C@H](OCC([2H])([2H])O)[C@@H](O)[C@H]3O)C2([2H])[2H])c([2H])c(F)c1C.[2H]c1c([2H])c([C@H]2[C@H](Nc3nc(SC([2H])([2H])C([2H])([2H])C)nc4c3nnn4[C@@H]3C[C@H](OCCO)[C@@H](O)[C@H]3O)C2([2H])[2H])c([2H])c(F)c1C. The third kappa shape index (κ3) is 23.8. The molecule has 144 heavy (non-hydrogen) atoms. The van der Waals surface area contributed by atoms with Gasteiger partial charge in [-0.25, -0.2) is 76.2 Å². The maximum absolute atomic E-state index is 14.8. The number of thioether (sulfide) groups is 4. The van der Waals surface area contributed by atoms with Crippen LogP contribution in [-0.2, 0) is 18.9 Å². The van der Waals surface area contributed by atoms with Crippen LogP contribution in [0.1, 0.15) is 257 Å². The third-order valence-corrected chi connectivity index (χ3v) is 26.4. The Labute approximate surface area is 905 Å². The maximum Gasteiger partial charge on any atom is 0.191 e. The Morgan fingerprint density at radius 1 is 0.354 bits per heavy atom. The molecule has 0 unspecified atom stereocenters. The van der Waals surface area contributed by atoms with Crippen molar-refractivity contribution in [2.45, 2.75) is 298 Å². The number of halogens is 4. The molecule has 0 bridgehead atoms. The first-order valence-corrected chi connectivity index (χ1v) is 47.4. The summed E-state index contributed by atoms with van der Waals surface area (Å²) >= 11 is 1.17. The highest BCUT2D eigenvalue weighted by atomic mass is 32.2. The van der Waals surface area contributed by atoms with E-state index in [1.165, 1.54) is 32.4 Å². The zero-order valence-electron chi connectivity index (χ0n) is 121. The quantitative estimate of drug-likeness (QED) is 0.00969. The molecule has 20 rings (SSSR count). The predicted molar refractivity (Wildman–Crippen MR) is 530 cm³/mol. The molecule has 8 saturated carbocycles. The number of hydrogen-bond acceptors (Lipinski definition) is 40. The highest BCUT2D eigenvalue weighted by Crippen LogP contribution is 2.50. The Bertz CT molecular complexity index is 8690. The van der Waals surface area contributed by atoms with Gasteiger partial charge in [-0.05, 0) is 147 Å². The van der Waals surface area contributed by atoms with Crippen LogP contribution in [0.15, 0.2) is 93.1 Å². The lowest BCUT2D eigenvalue weighted by atomic mass is 10.1. The Balaban J connectivity index is 0.000000164. The summed E-state index contributed by atoms with van der Waals surface area (Å²) in [5.41, 5.74) is -13.8. The second kappa shape index (κ2) is 47.3. The number of aromatic nitrogens is 20. The van der Waals surface area contributed by atoms with Crippen molar-refractivity contribution in [1.29, 1.82) is 0 Å². The lowest BCUT2D eigenvalue weighted by Crippen LogP contribution is -2.33. The number of benzene rings is 4. The molecule has 8 aromatic heterocycles. The number of rotatable bonds is 40. The summed E-state index contributed by atoms with van der Waals surface area (Å²) < 4.78 is 440. The number of nitrogens with one attached hydrogen (secondary N) is 4. The Hall–Kier alpha value is -9.52. The van der Waals surface area contributed by atoms with Crippen LogP contribution < -0.4 is 21.3 Å². The van der Waals surface area contributed by atoms with E-state index in [2.05, 4.69) is 102 Å². The number of nitrogens with zero attached hydrogens (tertiary/aromatic N) is 20. The van der Waals surface area contributed by atoms with Crippen LogP contribution in [0.25, 0.3) is 44.7 Å². The van der Waals surface area contributed by atoms with Gasteiger partial charge in [0.1, 0.15) is 72.1 Å². The molecule has 8 aliphatic rings. The minimum absolute atomic E-state index is 0.0224. The second-order valence-electron chi connectivity index (χ2n) is 33.1. The smallest absolute Gasteiger partial charge is 0.191 e. The van der Waals surface area contributed by atoms with Gasteiger partial charge in [-0.15, -0.1) is 20.4 Å². The van der Waals surface area contributed by atoms with E-state index in [0.717, 1.165) is 41.7 Å². The number of hydrogen-bond donors (Lipinski definition) is 16. The summed E-state index contributed by atoms with van der Waals surface area (Å²) in [6.07, 6.45) is -36.8. The predicted octanol–water partition coefficient (Wildman–Crippen LogP) is 8.73. The molecule has 48 heteroatoms. The fourth-order valence-electron chi connectivity index (χ4n) is 16.2. The van der Waals surface area contributed by atoms with Gasteiger partial charge in [-0.3, -0.25) is 0 Å². The van der Waals surface area contributed by atoms with E-state index in [0.29, 0.717) is 23.5 Å². The van der Waals surface area contributed by atoms with Crippen molar-refractivity contribution in [3.05, 3.63) is 140 Å². The molecule has 4 aromatic carbocycles. The summed E-state index contributed by atoms with van der Waals surface area (Å²) in [5, 5.41) is 165. The Kier molecular flexibility index (Phi) is 20.8. The molecule has 8 aliphatic carbocycles. The molecule has 776 valence electrons. The molecule has 8 fully saturated rings. The first-order valence-electron chi connectivity index (χ1n) is 66.1. The van der Waals surface area contributed by atoms with Crippen molar-refractivity contribution in [1.82, 2.24) is 99.8 Å². The van der Waals surface area contributed by atoms with Gasteiger partial charge in [-0.1, -0.05) is 144 Å². The van der Waals surface area contributed by atoms with Crippen LogP contribution >= 0.6 is 47.0 Å². The zero-order chi connectivity index (χ0) is 141. The average Bonchev–Trinajstić information content (AvgIpc) is 1.54. The van der Waals surface area contributed by atoms with Crippen LogP contribution in [0.5, 0.6) is 0 Å². The molecule has 0 amide bonds. The van der Waals surface area contributed by atoms with Crippen LogP contribution in [0, 0.1) is 51.0 Å². The molecule has 8 heterocycles. The van der Waals surface area contributed by atoms with Crippen LogP contribution in [0.4, 0.5) is 40.8 Å². The number of aliphatic hydroxyl groups is 12. The number of fused-ring (bicyclic) bond motifs is 4. The van der Waals surface area contributed by atoms with E-state index in [-0.39, 0.29) is 184 Å². The zero-order valence-corrected chi connectivity index (χ0v) is 79.9. The van der Waals surface area contributed by atoms with Crippen molar-refractivity contribution in [2.24, 2.45) is 0 Å². The number of ether oxygens (including phenoxy) is 4. The monoisotopic (exact) mass is 2120 g/mol. The van der Waals surface area contributed by atoms with E-state index >= 15 is 0 Å². The minimum Gasteiger partial charge on any atom is -0.394 e. The molecule has 0 aliphatic heterocycles. The molecule has 16 N–H and O–H groups in total. The van der Waals surface area contributed by atoms with Gasteiger partial charge in [0.15, 0.2) is 88.6 Å². The van der Waals surface area contributed by atoms with Gasteiger partial charge in [0.25, 0.3) is 0 Å². The molecule has 0 spiro atoms. The van der Waals surface area contributed by atoms with Gasteiger partial charge in [0.2, 0.25) is 0 Å². The summed E-state index contributed by atoms with van der Waals surface area (Å²) in [6.45, 7) is -5.32. The topological polar surface area (TPSA) is 554 Å². The maximum atomic E-state index is 14.8. The van der Waals surface area contributed by atoms with E-state index in [1.807, 2.05) is 0 Å². The van der Waals surface area contributed by atoms with Crippen molar-refractivity contribution in [3.8, 4) is 0 Å². The van der Waals surface area contributed by atoms with E-state index < -0.39 is 366 Å². The summed E-state index contributed by atoms with van der Waals surface area (Å²) in [6, 6.07) is -16.5. The fourth-order valence-corrected chi connectivity index (χ4v) is 18.1. The van der Waals surface area contributed by atoms with Gasteiger partial charge < -0.3 is 101 Å². The number of anilines is 4. The van der Waals surface area contributed by atoms with Crippen molar-refractivity contribution in [2.75, 3.05) is 96.8 Å². The Morgan fingerprint density at radius 2 is 0.611 bits per heavy atom. The molecule has 0 saturated heterocycles. The normalized spacial score (nSPS) is 34.7. The molecular formula is C96H124F4N24O16S4. The molecular weight excluding hydrogens is 1950 g/mol. The Morgan fingerprint density at radius 3 is 0.854 bits per heavy atom. The molecule has 40 nitrogen and oxygen atoms in total. The van der Waals surface area contributed by atoms with Gasteiger partial charge >= 0.3 is 0 Å². The van der Waals surface area contributed by atoms with E-state index in [1.54, 1.807) is 0 Å². The lowest BCUT2D eigenvalue weighted by Gasteiger charge is -2.17. The molecule has 24 atom stereocenters. The van der Waals surface area contributed by atoms with Crippen molar-refractivity contribution >= 4 is 115 Å². The minimum atomic E-state index is -3.49. The van der Waals surface area contributed by atoms with Crippen LogP contribution in [0.3, 0.4) is 0 Å². The first-order chi connectivity index (χ1) is 86.1. The average molecular weight is 2120 g/mol. The van der Waals surface area contributed by atoms with Gasteiger partial charge in [0, 0.05) is 129 Å². The fraction of sp³-hybridized carbons (Fsp3) is 0.583. The highest BCUT2D eigenvalue weighted by Gasteiger charge is 2.51. The van der Waals surface area contributed by atoms with E-state index in [9.17, 15) is 73.7 Å². The summed E-state index contributed by atoms with van der Waals surface area (Å²) in [5.74, 6) is -10.3. The largest absolute Gasteiger partial charge is 0.394 e. The third-order valence-electron chi connectivity index (χ3n) is 23.8. The van der Waals surface area contributed by atoms with E-state index in [4.69, 9.17) is 84.4 Å². The van der Waals surface area contributed by atoms with Crippen LogP contribution in [-0.4, -0.2) is 334 Å². The van der Waals surface area contributed by atoms with Gasteiger partial charge in [-0.2, -0.15) is 0 Å². The van der Waals surface area contributed by atoms with Crippen LogP contribution in [0.2, 0.25) is 0 Å². The summed E-state index contributed by atoms with van der Waals surface area (Å²) in [7, 11) is 0.